The van der Waals surface area contributed by atoms with Crippen LogP contribution >= 0.6 is 0 Å². The molecular weight excluding hydrogens is 308 g/mol. The van der Waals surface area contributed by atoms with Gasteiger partial charge in [0.25, 0.3) is 0 Å². The average molecular weight is 334 g/mol. The summed E-state index contributed by atoms with van der Waals surface area (Å²) in [7, 11) is 0. The fourth-order valence-electron chi connectivity index (χ4n) is 1.24. The van der Waals surface area contributed by atoms with Crippen LogP contribution in [0.4, 0.5) is 0 Å². The molecule has 0 unspecified atom stereocenters. The van der Waals surface area contributed by atoms with Gasteiger partial charge < -0.3 is 28.8 Å². The number of carbonyl (C=O) groups is 2. The second-order valence-corrected chi connectivity index (χ2v) is 4.51. The van der Waals surface area contributed by atoms with Crippen molar-refractivity contribution in [1.82, 2.24) is 0 Å². The average Bonchev–Trinajstić information content (AvgIpc) is 2.50. The first-order valence-electron chi connectivity index (χ1n) is 7.39. The van der Waals surface area contributed by atoms with Crippen LogP contribution in [0.25, 0.3) is 0 Å². The predicted octanol–water partition coefficient (Wildman–Crippen LogP) is 0.647. The molecule has 1 N–H and O–H groups in total. The number of ether oxygens (including phenoxy) is 5. The molecule has 0 aliphatic rings. The maximum Gasteiger partial charge on any atom is 0.333 e. The van der Waals surface area contributed by atoms with E-state index in [0.717, 1.165) is 0 Å². The minimum absolute atomic E-state index is 0.00446. The van der Waals surface area contributed by atoms with Gasteiger partial charge in [0.15, 0.2) is 0 Å². The zero-order valence-electron chi connectivity index (χ0n) is 13.6. The van der Waals surface area contributed by atoms with Crippen molar-refractivity contribution < 1.29 is 38.4 Å². The smallest absolute Gasteiger partial charge is 0.333 e. The second kappa shape index (κ2) is 15.4. The number of carboxylic acid groups (broad SMARTS) is 1. The van der Waals surface area contributed by atoms with E-state index in [2.05, 4.69) is 6.58 Å². The molecule has 0 aromatic heterocycles. The van der Waals surface area contributed by atoms with Gasteiger partial charge >= 0.3 is 11.9 Å². The van der Waals surface area contributed by atoms with Gasteiger partial charge in [0.2, 0.25) is 0 Å². The van der Waals surface area contributed by atoms with Gasteiger partial charge in [-0.05, 0) is 6.92 Å². The molecule has 0 rings (SSSR count). The maximum atomic E-state index is 11.0. The first-order valence-corrected chi connectivity index (χ1v) is 7.39. The highest BCUT2D eigenvalue weighted by molar-refractivity contribution is 5.86. The van der Waals surface area contributed by atoms with Gasteiger partial charge in [0.1, 0.15) is 6.61 Å². The van der Waals surface area contributed by atoms with Crippen LogP contribution in [0.1, 0.15) is 13.3 Å². The van der Waals surface area contributed by atoms with Crippen molar-refractivity contribution in [1.29, 1.82) is 0 Å². The largest absolute Gasteiger partial charge is 0.481 e. The molecule has 0 heterocycles. The minimum Gasteiger partial charge on any atom is -0.481 e. The Kier molecular flexibility index (Phi) is 14.4. The van der Waals surface area contributed by atoms with Crippen LogP contribution in [0.2, 0.25) is 0 Å². The van der Waals surface area contributed by atoms with E-state index in [0.29, 0.717) is 51.8 Å². The molecule has 0 aliphatic heterocycles. The summed E-state index contributed by atoms with van der Waals surface area (Å²) in [5.41, 5.74) is 0.362. The Morgan fingerprint density at radius 1 is 0.783 bits per heavy atom. The van der Waals surface area contributed by atoms with Crippen LogP contribution in [0.5, 0.6) is 0 Å². The summed E-state index contributed by atoms with van der Waals surface area (Å²) in [5.74, 6) is -1.30. The Morgan fingerprint density at radius 2 is 1.17 bits per heavy atom. The number of carboxylic acids is 1. The van der Waals surface area contributed by atoms with Crippen LogP contribution in [-0.2, 0) is 33.3 Å². The SMILES string of the molecule is C=C(C)C(=O)OCCOCCOCCOCCOCCC(=O)O. The van der Waals surface area contributed by atoms with E-state index in [4.69, 9.17) is 28.8 Å². The van der Waals surface area contributed by atoms with Crippen LogP contribution in [0.15, 0.2) is 12.2 Å². The minimum atomic E-state index is -0.879. The Balaban J connectivity index is 3.09. The lowest BCUT2D eigenvalue weighted by molar-refractivity contribution is -0.140. The van der Waals surface area contributed by atoms with Gasteiger partial charge in [-0.3, -0.25) is 4.79 Å². The molecule has 134 valence electrons. The first-order chi connectivity index (χ1) is 11.0. The molecule has 23 heavy (non-hydrogen) atoms. The zero-order valence-corrected chi connectivity index (χ0v) is 13.6. The van der Waals surface area contributed by atoms with E-state index in [1.807, 2.05) is 0 Å². The van der Waals surface area contributed by atoms with E-state index >= 15 is 0 Å². The van der Waals surface area contributed by atoms with E-state index in [1.54, 1.807) is 6.92 Å². The summed E-state index contributed by atoms with van der Waals surface area (Å²) < 4.78 is 25.6. The van der Waals surface area contributed by atoms with Crippen molar-refractivity contribution in [3.05, 3.63) is 12.2 Å². The van der Waals surface area contributed by atoms with E-state index in [1.165, 1.54) is 0 Å². The lowest BCUT2D eigenvalue weighted by atomic mass is 10.4. The number of carbonyl (C=O) groups excluding carboxylic acids is 1. The maximum absolute atomic E-state index is 11.0. The van der Waals surface area contributed by atoms with Crippen molar-refractivity contribution in [2.45, 2.75) is 13.3 Å². The number of rotatable bonds is 16. The number of esters is 1. The number of hydrogen-bond donors (Lipinski definition) is 1. The van der Waals surface area contributed by atoms with Gasteiger partial charge in [0.05, 0.1) is 59.3 Å². The molecule has 0 aliphatic carbocycles. The standard InChI is InChI=1S/C15H26O8/c1-13(2)15(18)23-12-11-22-10-9-21-8-7-20-6-5-19-4-3-14(16)17/h1,3-12H2,2H3,(H,16,17). The van der Waals surface area contributed by atoms with Gasteiger partial charge in [-0.2, -0.15) is 0 Å². The van der Waals surface area contributed by atoms with Crippen molar-refractivity contribution in [2.24, 2.45) is 0 Å². The summed E-state index contributed by atoms with van der Waals surface area (Å²) >= 11 is 0. The number of hydrogen-bond acceptors (Lipinski definition) is 7. The van der Waals surface area contributed by atoms with E-state index < -0.39 is 11.9 Å². The zero-order chi connectivity index (χ0) is 17.3. The first kappa shape index (κ1) is 21.5. The molecule has 0 aromatic carbocycles. The highest BCUT2D eigenvalue weighted by Crippen LogP contribution is 1.91. The van der Waals surface area contributed by atoms with Crippen molar-refractivity contribution in [2.75, 3.05) is 59.5 Å². The molecule has 0 fully saturated rings. The molecule has 0 aromatic rings. The third kappa shape index (κ3) is 16.7. The normalized spacial score (nSPS) is 10.5. The molecule has 0 radical (unpaired) electrons. The highest BCUT2D eigenvalue weighted by atomic mass is 16.6. The summed E-state index contributed by atoms with van der Waals surface area (Å²) in [6, 6.07) is 0. The Bertz CT molecular complexity index is 342. The molecular formula is C15H26O8. The predicted molar refractivity (Wildman–Crippen MR) is 81.3 cm³/mol. The van der Waals surface area contributed by atoms with Crippen LogP contribution in [0.3, 0.4) is 0 Å². The molecule has 8 heteroatoms. The van der Waals surface area contributed by atoms with Crippen molar-refractivity contribution in [3.63, 3.8) is 0 Å². The third-order valence-corrected chi connectivity index (χ3v) is 2.39. The van der Waals surface area contributed by atoms with Crippen molar-refractivity contribution >= 4 is 11.9 Å². The van der Waals surface area contributed by atoms with E-state index in [-0.39, 0.29) is 19.6 Å². The Labute approximate surface area is 136 Å². The fourth-order valence-corrected chi connectivity index (χ4v) is 1.24. The van der Waals surface area contributed by atoms with Gasteiger partial charge in [-0.15, -0.1) is 0 Å². The van der Waals surface area contributed by atoms with Gasteiger partial charge in [-0.1, -0.05) is 6.58 Å². The summed E-state index contributed by atoms with van der Waals surface area (Å²) in [5, 5.41) is 8.39. The molecule has 0 amide bonds. The topological polar surface area (TPSA) is 101 Å². The third-order valence-electron chi connectivity index (χ3n) is 2.39. The monoisotopic (exact) mass is 334 g/mol. The lowest BCUT2D eigenvalue weighted by Gasteiger charge is -2.07. The molecule has 0 saturated heterocycles. The molecule has 0 atom stereocenters. The summed E-state index contributed by atoms with van der Waals surface area (Å²) in [6.07, 6.45) is -0.00446. The Hall–Kier alpha value is -1.48. The van der Waals surface area contributed by atoms with Crippen LogP contribution in [-0.4, -0.2) is 76.5 Å². The van der Waals surface area contributed by atoms with E-state index in [9.17, 15) is 9.59 Å². The summed E-state index contributed by atoms with van der Waals surface area (Å²) in [6.45, 7) is 8.19. The molecule has 0 bridgehead atoms. The summed E-state index contributed by atoms with van der Waals surface area (Å²) in [4.78, 5) is 21.3. The van der Waals surface area contributed by atoms with Crippen LogP contribution in [0, 0.1) is 0 Å². The molecule has 8 nitrogen and oxygen atoms in total. The van der Waals surface area contributed by atoms with Gasteiger partial charge in [-0.25, -0.2) is 4.79 Å². The second-order valence-electron chi connectivity index (χ2n) is 4.51. The quantitative estimate of drug-likeness (QED) is 0.249. The highest BCUT2D eigenvalue weighted by Gasteiger charge is 2.01. The Morgan fingerprint density at radius 3 is 1.57 bits per heavy atom. The lowest BCUT2D eigenvalue weighted by Crippen LogP contribution is -2.15. The number of aliphatic carboxylic acids is 1. The van der Waals surface area contributed by atoms with Crippen LogP contribution < -0.4 is 0 Å². The van der Waals surface area contributed by atoms with Crippen molar-refractivity contribution in [3.8, 4) is 0 Å². The molecule has 0 spiro atoms. The molecule has 0 saturated carbocycles. The van der Waals surface area contributed by atoms with Gasteiger partial charge in [0, 0.05) is 5.57 Å². The fraction of sp³-hybridized carbons (Fsp3) is 0.733.